The van der Waals surface area contributed by atoms with Crippen molar-refractivity contribution in [1.29, 1.82) is 5.26 Å². The van der Waals surface area contributed by atoms with Gasteiger partial charge in [0, 0.05) is 69.3 Å². The molecule has 0 aliphatic carbocycles. The molecule has 38 heavy (non-hydrogen) atoms. The zero-order valence-corrected chi connectivity index (χ0v) is 21.7. The van der Waals surface area contributed by atoms with Crippen LogP contribution in [0.1, 0.15) is 28.0 Å². The number of amides is 1. The van der Waals surface area contributed by atoms with Gasteiger partial charge in [0.15, 0.2) is 0 Å². The smallest absolute Gasteiger partial charge is 0.322 e. The topological polar surface area (TPSA) is 101 Å². The van der Waals surface area contributed by atoms with E-state index in [1.165, 1.54) is 16.7 Å². The Morgan fingerprint density at radius 3 is 2.63 bits per heavy atom. The summed E-state index contributed by atoms with van der Waals surface area (Å²) in [7, 11) is 3.36. The Labute approximate surface area is 222 Å². The summed E-state index contributed by atoms with van der Waals surface area (Å²) in [5, 5.41) is 10.4. The molecule has 5 rings (SSSR count). The molecule has 1 saturated heterocycles. The van der Waals surface area contributed by atoms with E-state index in [-0.39, 0.29) is 11.9 Å². The number of fused-ring (bicyclic) bond motifs is 1. The Kier molecular flexibility index (Phi) is 7.52. The molecule has 0 unspecified atom stereocenters. The summed E-state index contributed by atoms with van der Waals surface area (Å²) in [5.74, 6) is 0.430. The Balaban J connectivity index is 1.10. The minimum absolute atomic E-state index is 0.150. The average Bonchev–Trinajstić information content (AvgIpc) is 3.35. The Hall–Kier alpha value is -4.42. The van der Waals surface area contributed by atoms with Crippen molar-refractivity contribution in [3.63, 3.8) is 0 Å². The van der Waals surface area contributed by atoms with Crippen LogP contribution >= 0.6 is 0 Å². The number of piperazine rings is 1. The standard InChI is InChI=1S/C29H31N7O2/c1-34(2)28(37)27-11-12-31-29(33-27)38-24-8-6-23(7-9-24)36-16-14-35(15-17-36)13-3-4-22-20-32-26-10-5-21(19-30)18-25(22)26/h5-12,18,20,32H,3-4,13-17H2,1-2H3. The number of anilines is 1. The van der Waals surface area contributed by atoms with E-state index >= 15 is 0 Å². The summed E-state index contributed by atoms with van der Waals surface area (Å²) in [4.78, 5) is 30.2. The maximum atomic E-state index is 12.1. The van der Waals surface area contributed by atoms with Gasteiger partial charge in [0.2, 0.25) is 0 Å². The van der Waals surface area contributed by atoms with Gasteiger partial charge in [0.05, 0.1) is 11.6 Å². The fourth-order valence-corrected chi connectivity index (χ4v) is 4.75. The van der Waals surface area contributed by atoms with Crippen LogP contribution < -0.4 is 9.64 Å². The van der Waals surface area contributed by atoms with E-state index in [1.54, 1.807) is 20.2 Å². The molecule has 9 heteroatoms. The molecule has 0 radical (unpaired) electrons. The number of nitrogens with zero attached hydrogens (tertiary/aromatic N) is 6. The van der Waals surface area contributed by atoms with Crippen LogP contribution in [0.3, 0.4) is 0 Å². The third-order valence-corrected chi connectivity index (χ3v) is 6.86. The van der Waals surface area contributed by atoms with E-state index in [4.69, 9.17) is 4.74 Å². The molecular formula is C29H31N7O2. The maximum Gasteiger partial charge on any atom is 0.322 e. The van der Waals surface area contributed by atoms with Crippen molar-refractivity contribution in [1.82, 2.24) is 24.8 Å². The minimum atomic E-state index is -0.195. The van der Waals surface area contributed by atoms with Crippen molar-refractivity contribution >= 4 is 22.5 Å². The van der Waals surface area contributed by atoms with Crippen molar-refractivity contribution in [2.45, 2.75) is 12.8 Å². The number of rotatable bonds is 8. The van der Waals surface area contributed by atoms with E-state index in [1.807, 2.05) is 42.5 Å². The van der Waals surface area contributed by atoms with Gasteiger partial charge in [0.1, 0.15) is 11.4 Å². The van der Waals surface area contributed by atoms with Crippen molar-refractivity contribution in [2.24, 2.45) is 0 Å². The van der Waals surface area contributed by atoms with Crippen LogP contribution in [0.25, 0.3) is 10.9 Å². The minimum Gasteiger partial charge on any atom is -0.424 e. The van der Waals surface area contributed by atoms with E-state index in [0.717, 1.165) is 62.2 Å². The van der Waals surface area contributed by atoms with Gasteiger partial charge in [-0.05, 0) is 73.5 Å². The summed E-state index contributed by atoms with van der Waals surface area (Å²) in [6, 6.07) is 17.7. The molecule has 3 heterocycles. The number of carbonyl (C=O) groups excluding carboxylic acids is 1. The molecule has 0 saturated carbocycles. The number of nitriles is 1. The van der Waals surface area contributed by atoms with Crippen LogP contribution in [0.5, 0.6) is 11.8 Å². The van der Waals surface area contributed by atoms with E-state index < -0.39 is 0 Å². The molecule has 1 amide bonds. The van der Waals surface area contributed by atoms with Gasteiger partial charge in [-0.25, -0.2) is 4.98 Å². The summed E-state index contributed by atoms with van der Waals surface area (Å²) < 4.78 is 5.79. The molecule has 0 bridgehead atoms. The Morgan fingerprint density at radius 1 is 1.11 bits per heavy atom. The highest BCUT2D eigenvalue weighted by Crippen LogP contribution is 2.24. The van der Waals surface area contributed by atoms with Gasteiger partial charge in [-0.1, -0.05) is 0 Å². The van der Waals surface area contributed by atoms with Gasteiger partial charge in [-0.2, -0.15) is 10.2 Å². The highest BCUT2D eigenvalue weighted by Gasteiger charge is 2.18. The van der Waals surface area contributed by atoms with Gasteiger partial charge in [0.25, 0.3) is 5.91 Å². The van der Waals surface area contributed by atoms with Crippen molar-refractivity contribution in [2.75, 3.05) is 51.7 Å². The number of carbonyl (C=O) groups is 1. The average molecular weight is 510 g/mol. The number of nitrogens with one attached hydrogen (secondary N) is 1. The number of ether oxygens (including phenoxy) is 1. The molecular weight excluding hydrogens is 478 g/mol. The summed E-state index contributed by atoms with van der Waals surface area (Å²) in [5.41, 5.74) is 4.52. The molecule has 0 atom stereocenters. The third kappa shape index (κ3) is 5.76. The lowest BCUT2D eigenvalue weighted by atomic mass is 10.1. The number of H-pyrrole nitrogens is 1. The lowest BCUT2D eigenvalue weighted by Crippen LogP contribution is -2.46. The molecule has 0 spiro atoms. The monoisotopic (exact) mass is 509 g/mol. The van der Waals surface area contributed by atoms with Crippen LogP contribution in [0.4, 0.5) is 5.69 Å². The number of hydrogen-bond acceptors (Lipinski definition) is 7. The van der Waals surface area contributed by atoms with Gasteiger partial charge >= 0.3 is 6.01 Å². The normalized spacial score (nSPS) is 13.9. The summed E-state index contributed by atoms with van der Waals surface area (Å²) in [6.07, 6.45) is 5.67. The molecule has 1 aliphatic heterocycles. The van der Waals surface area contributed by atoms with Gasteiger partial charge < -0.3 is 19.5 Å². The molecule has 1 aliphatic rings. The van der Waals surface area contributed by atoms with Gasteiger partial charge in [-0.15, -0.1) is 0 Å². The quantitative estimate of drug-likeness (QED) is 0.382. The maximum absolute atomic E-state index is 12.1. The number of aromatic amines is 1. The highest BCUT2D eigenvalue weighted by molar-refractivity contribution is 5.91. The fourth-order valence-electron chi connectivity index (χ4n) is 4.75. The molecule has 1 fully saturated rings. The SMILES string of the molecule is CN(C)C(=O)c1ccnc(Oc2ccc(N3CCN(CCCc4c[nH]c5ccc(C#N)cc45)CC3)cc2)n1. The zero-order valence-electron chi connectivity index (χ0n) is 21.7. The molecule has 2 aromatic heterocycles. The fraction of sp³-hybridized carbons (Fsp3) is 0.310. The molecule has 4 aromatic rings. The lowest BCUT2D eigenvalue weighted by molar-refractivity contribution is 0.0821. The zero-order chi connectivity index (χ0) is 26.5. The predicted octanol–water partition coefficient (Wildman–Crippen LogP) is 4.08. The molecule has 194 valence electrons. The molecule has 9 nitrogen and oxygen atoms in total. The van der Waals surface area contributed by atoms with E-state index in [2.05, 4.69) is 37.0 Å². The Bertz CT molecular complexity index is 1450. The first-order valence-corrected chi connectivity index (χ1v) is 12.8. The first-order valence-electron chi connectivity index (χ1n) is 12.8. The van der Waals surface area contributed by atoms with E-state index in [9.17, 15) is 10.1 Å². The van der Waals surface area contributed by atoms with Crippen LogP contribution in [0, 0.1) is 11.3 Å². The number of hydrogen-bond donors (Lipinski definition) is 1. The van der Waals surface area contributed by atoms with Crippen LogP contribution in [-0.2, 0) is 6.42 Å². The van der Waals surface area contributed by atoms with Gasteiger partial charge in [-0.3, -0.25) is 9.69 Å². The second kappa shape index (κ2) is 11.3. The van der Waals surface area contributed by atoms with Crippen molar-refractivity contribution in [3.8, 4) is 17.8 Å². The first-order chi connectivity index (χ1) is 18.5. The molecule has 1 N–H and O–H groups in total. The molecule has 2 aromatic carbocycles. The predicted molar refractivity (Wildman–Crippen MR) is 147 cm³/mol. The number of benzene rings is 2. The third-order valence-electron chi connectivity index (χ3n) is 6.86. The van der Waals surface area contributed by atoms with Crippen molar-refractivity contribution < 1.29 is 9.53 Å². The lowest BCUT2D eigenvalue weighted by Gasteiger charge is -2.36. The summed E-state index contributed by atoms with van der Waals surface area (Å²) >= 11 is 0. The largest absolute Gasteiger partial charge is 0.424 e. The van der Waals surface area contributed by atoms with E-state index in [0.29, 0.717) is 17.0 Å². The van der Waals surface area contributed by atoms with Crippen LogP contribution in [-0.4, -0.2) is 77.5 Å². The van der Waals surface area contributed by atoms with Crippen LogP contribution in [0.15, 0.2) is 60.9 Å². The summed E-state index contributed by atoms with van der Waals surface area (Å²) in [6.45, 7) is 5.03. The number of aromatic nitrogens is 3. The van der Waals surface area contributed by atoms with Crippen molar-refractivity contribution in [3.05, 3.63) is 77.7 Å². The second-order valence-corrected chi connectivity index (χ2v) is 9.64. The van der Waals surface area contributed by atoms with Crippen LogP contribution in [0.2, 0.25) is 0 Å². The first kappa shape index (κ1) is 25.2. The Morgan fingerprint density at radius 2 is 1.89 bits per heavy atom. The highest BCUT2D eigenvalue weighted by atomic mass is 16.5. The second-order valence-electron chi connectivity index (χ2n) is 9.64. The number of aryl methyl sites for hydroxylation is 1.